The second-order valence-electron chi connectivity index (χ2n) is 6.76. The van der Waals surface area contributed by atoms with Crippen LogP contribution in [0.15, 0.2) is 41.5 Å². The zero-order chi connectivity index (χ0) is 18.0. The topological polar surface area (TPSA) is 59.9 Å². The van der Waals surface area contributed by atoms with Gasteiger partial charge < -0.3 is 9.47 Å². The summed E-state index contributed by atoms with van der Waals surface area (Å²) >= 11 is 6.11. The van der Waals surface area contributed by atoms with Crippen LogP contribution in [-0.2, 0) is 5.41 Å². The van der Waals surface area contributed by atoms with Gasteiger partial charge in [0.05, 0.1) is 11.2 Å². The molecule has 25 heavy (non-hydrogen) atoms. The predicted octanol–water partition coefficient (Wildman–Crippen LogP) is 4.13. The van der Waals surface area contributed by atoms with Crippen LogP contribution in [0.1, 0.15) is 42.3 Å². The number of halogens is 1. The van der Waals surface area contributed by atoms with E-state index in [9.17, 15) is 4.79 Å². The molecule has 1 aliphatic rings. The average molecular weight is 359 g/mol. The van der Waals surface area contributed by atoms with Gasteiger partial charge >= 0.3 is 0 Å². The molecule has 1 aliphatic heterocycles. The Morgan fingerprint density at radius 1 is 1.20 bits per heavy atom. The quantitative estimate of drug-likeness (QED) is 0.663. The molecule has 0 atom stereocenters. The van der Waals surface area contributed by atoms with Gasteiger partial charge in [0.2, 0.25) is 6.79 Å². The van der Waals surface area contributed by atoms with Crippen molar-refractivity contribution in [2.24, 2.45) is 5.10 Å². The second-order valence-corrected chi connectivity index (χ2v) is 7.17. The van der Waals surface area contributed by atoms with Crippen molar-refractivity contribution >= 4 is 23.7 Å². The Morgan fingerprint density at radius 3 is 2.60 bits per heavy atom. The van der Waals surface area contributed by atoms with Crippen LogP contribution in [0, 0.1) is 0 Å². The van der Waals surface area contributed by atoms with Gasteiger partial charge in [-0.05, 0) is 40.8 Å². The van der Waals surface area contributed by atoms with Crippen LogP contribution in [-0.4, -0.2) is 18.9 Å². The third-order valence-electron chi connectivity index (χ3n) is 3.84. The zero-order valence-corrected chi connectivity index (χ0v) is 15.1. The summed E-state index contributed by atoms with van der Waals surface area (Å²) in [6, 6.07) is 10.9. The molecule has 5 nitrogen and oxygen atoms in total. The molecule has 1 N–H and O–H groups in total. The number of nitrogens with zero attached hydrogens (tertiary/aromatic N) is 1. The van der Waals surface area contributed by atoms with Crippen LogP contribution in [0.3, 0.4) is 0 Å². The maximum Gasteiger partial charge on any atom is 0.271 e. The van der Waals surface area contributed by atoms with Crippen molar-refractivity contribution in [2.45, 2.75) is 26.2 Å². The highest BCUT2D eigenvalue weighted by molar-refractivity contribution is 6.32. The lowest BCUT2D eigenvalue weighted by Crippen LogP contribution is -2.18. The molecule has 0 radical (unpaired) electrons. The third-order valence-corrected chi connectivity index (χ3v) is 4.12. The summed E-state index contributed by atoms with van der Waals surface area (Å²) < 4.78 is 10.5. The maximum atomic E-state index is 12.2. The fourth-order valence-corrected chi connectivity index (χ4v) is 2.69. The molecule has 0 saturated carbocycles. The fourth-order valence-electron chi connectivity index (χ4n) is 2.41. The molecule has 0 saturated heterocycles. The molecule has 2 aromatic rings. The first kappa shape index (κ1) is 17.3. The molecular weight excluding hydrogens is 340 g/mol. The standard InChI is InChI=1S/C19H19ClN2O3/c1-19(2,3)14-6-4-13(5-7-14)18(23)22-21-10-12-8-15(20)17-16(9-12)24-11-25-17/h4-10H,11H2,1-3H3,(H,22,23)/b21-10-. The van der Waals surface area contributed by atoms with E-state index in [4.69, 9.17) is 21.1 Å². The number of rotatable bonds is 3. The molecule has 2 aromatic carbocycles. The molecule has 0 bridgehead atoms. The molecule has 0 fully saturated rings. The van der Waals surface area contributed by atoms with Gasteiger partial charge in [0, 0.05) is 5.56 Å². The fraction of sp³-hybridized carbons (Fsp3) is 0.263. The average Bonchev–Trinajstić information content (AvgIpc) is 3.03. The lowest BCUT2D eigenvalue weighted by atomic mass is 9.87. The SMILES string of the molecule is CC(C)(C)c1ccc(C(=O)N/N=C\c2cc(Cl)c3c(c2)OCO3)cc1. The smallest absolute Gasteiger partial charge is 0.271 e. The van der Waals surface area contributed by atoms with E-state index in [2.05, 4.69) is 31.3 Å². The number of carbonyl (C=O) groups excluding carboxylic acids is 1. The Kier molecular flexibility index (Phi) is 4.68. The molecule has 3 rings (SSSR count). The number of benzene rings is 2. The van der Waals surface area contributed by atoms with Crippen LogP contribution in [0.5, 0.6) is 11.5 Å². The van der Waals surface area contributed by atoms with Gasteiger partial charge in [0.1, 0.15) is 0 Å². The van der Waals surface area contributed by atoms with Crippen molar-refractivity contribution in [3.05, 3.63) is 58.1 Å². The molecule has 0 aromatic heterocycles. The minimum absolute atomic E-state index is 0.0474. The summed E-state index contributed by atoms with van der Waals surface area (Å²) in [4.78, 5) is 12.2. The molecule has 6 heteroatoms. The Bertz CT molecular complexity index is 824. The van der Waals surface area contributed by atoms with E-state index in [0.29, 0.717) is 27.6 Å². The number of fused-ring (bicyclic) bond motifs is 1. The first-order valence-electron chi connectivity index (χ1n) is 7.88. The minimum atomic E-state index is -0.274. The highest BCUT2D eigenvalue weighted by Gasteiger charge is 2.18. The number of hydrazone groups is 1. The second kappa shape index (κ2) is 6.76. The summed E-state index contributed by atoms with van der Waals surface area (Å²) in [6.07, 6.45) is 1.51. The Hall–Kier alpha value is -2.53. The summed E-state index contributed by atoms with van der Waals surface area (Å²) in [5.41, 5.74) is 4.98. The predicted molar refractivity (Wildman–Crippen MR) is 97.8 cm³/mol. The van der Waals surface area contributed by atoms with Crippen LogP contribution < -0.4 is 14.9 Å². The van der Waals surface area contributed by atoms with Gasteiger partial charge in [0.15, 0.2) is 11.5 Å². The number of ether oxygens (including phenoxy) is 2. The monoisotopic (exact) mass is 358 g/mol. The van der Waals surface area contributed by atoms with E-state index < -0.39 is 0 Å². The van der Waals surface area contributed by atoms with Crippen molar-refractivity contribution in [1.29, 1.82) is 0 Å². The van der Waals surface area contributed by atoms with E-state index in [-0.39, 0.29) is 18.1 Å². The van der Waals surface area contributed by atoms with Crippen molar-refractivity contribution in [3.63, 3.8) is 0 Å². The normalized spacial score (nSPS) is 13.3. The molecule has 130 valence electrons. The number of amides is 1. The molecular formula is C19H19ClN2O3. The van der Waals surface area contributed by atoms with Gasteiger partial charge in [-0.2, -0.15) is 5.10 Å². The molecule has 1 amide bonds. The molecule has 0 unspecified atom stereocenters. The zero-order valence-electron chi connectivity index (χ0n) is 14.3. The van der Waals surface area contributed by atoms with Gasteiger partial charge in [-0.25, -0.2) is 5.43 Å². The Labute approximate surface area is 151 Å². The lowest BCUT2D eigenvalue weighted by molar-refractivity contribution is 0.0955. The summed E-state index contributed by atoms with van der Waals surface area (Å²) in [6.45, 7) is 6.53. The molecule has 0 aliphatic carbocycles. The van der Waals surface area contributed by atoms with E-state index in [1.54, 1.807) is 24.3 Å². The van der Waals surface area contributed by atoms with Crippen LogP contribution >= 0.6 is 11.6 Å². The lowest BCUT2D eigenvalue weighted by Gasteiger charge is -2.18. The summed E-state index contributed by atoms with van der Waals surface area (Å²) in [5, 5.41) is 4.42. The van der Waals surface area contributed by atoms with Crippen molar-refractivity contribution < 1.29 is 14.3 Å². The van der Waals surface area contributed by atoms with Gasteiger partial charge in [-0.1, -0.05) is 44.5 Å². The first-order valence-corrected chi connectivity index (χ1v) is 8.25. The Balaban J connectivity index is 1.66. The van der Waals surface area contributed by atoms with Gasteiger partial charge in [-0.3, -0.25) is 4.79 Å². The van der Waals surface area contributed by atoms with Crippen LogP contribution in [0.25, 0.3) is 0 Å². The third kappa shape index (κ3) is 3.94. The number of nitrogens with one attached hydrogen (secondary N) is 1. The van der Waals surface area contributed by atoms with E-state index in [1.165, 1.54) is 11.8 Å². The van der Waals surface area contributed by atoms with E-state index in [1.807, 2.05) is 12.1 Å². The van der Waals surface area contributed by atoms with Crippen molar-refractivity contribution in [1.82, 2.24) is 5.43 Å². The minimum Gasteiger partial charge on any atom is -0.454 e. The van der Waals surface area contributed by atoms with Crippen LogP contribution in [0.2, 0.25) is 5.02 Å². The van der Waals surface area contributed by atoms with E-state index >= 15 is 0 Å². The van der Waals surface area contributed by atoms with Crippen LogP contribution in [0.4, 0.5) is 0 Å². The van der Waals surface area contributed by atoms with E-state index in [0.717, 1.165) is 0 Å². The number of hydrogen-bond donors (Lipinski definition) is 1. The summed E-state index contributed by atoms with van der Waals surface area (Å²) in [5.74, 6) is 0.823. The number of hydrogen-bond acceptors (Lipinski definition) is 4. The summed E-state index contributed by atoms with van der Waals surface area (Å²) in [7, 11) is 0. The maximum absolute atomic E-state index is 12.2. The number of carbonyl (C=O) groups is 1. The van der Waals surface area contributed by atoms with Crippen molar-refractivity contribution in [2.75, 3.05) is 6.79 Å². The van der Waals surface area contributed by atoms with Gasteiger partial charge in [0.25, 0.3) is 5.91 Å². The Morgan fingerprint density at radius 2 is 1.92 bits per heavy atom. The highest BCUT2D eigenvalue weighted by Crippen LogP contribution is 2.39. The largest absolute Gasteiger partial charge is 0.454 e. The molecule has 1 heterocycles. The first-order chi connectivity index (χ1) is 11.8. The molecule has 0 spiro atoms. The van der Waals surface area contributed by atoms with Gasteiger partial charge in [-0.15, -0.1) is 0 Å². The van der Waals surface area contributed by atoms with Crippen molar-refractivity contribution in [3.8, 4) is 11.5 Å². The highest BCUT2D eigenvalue weighted by atomic mass is 35.5.